The highest BCUT2D eigenvalue weighted by Crippen LogP contribution is 2.26. The number of aliphatic hydroxyl groups excluding tert-OH is 1. The van der Waals surface area contributed by atoms with Crippen molar-refractivity contribution in [3.8, 4) is 0 Å². The van der Waals surface area contributed by atoms with Gasteiger partial charge in [-0.3, -0.25) is 14.9 Å². The van der Waals surface area contributed by atoms with E-state index in [0.29, 0.717) is 0 Å². The number of hydrogen-bond acceptors (Lipinski definition) is 7. The number of nitrogens with one attached hydrogen (secondary N) is 1. The number of ether oxygens (including phenoxy) is 1. The molecule has 1 aromatic rings. The van der Waals surface area contributed by atoms with Gasteiger partial charge in [0.25, 0.3) is 5.69 Å². The number of nitro groups is 1. The zero-order chi connectivity index (χ0) is 16.2. The number of halogens is 1. The molecule has 0 fully saturated rings. The number of non-ortho nitro benzene ring substituents is 1. The molecule has 1 rings (SSSR count). The second kappa shape index (κ2) is 6.80. The van der Waals surface area contributed by atoms with Crippen molar-refractivity contribution in [3.05, 3.63) is 33.3 Å². The third-order valence-corrected chi connectivity index (χ3v) is 4.34. The largest absolute Gasteiger partial charge is 0.468 e. The zero-order valence-corrected chi connectivity index (χ0v) is 12.2. The lowest BCUT2D eigenvalue weighted by atomic mass is 10.3. The van der Waals surface area contributed by atoms with Gasteiger partial charge in [0, 0.05) is 12.1 Å². The summed E-state index contributed by atoms with van der Waals surface area (Å²) in [5, 5.41) is 19.1. The number of nitrogens with zero attached hydrogens (tertiary/aromatic N) is 1. The minimum atomic E-state index is -4.27. The van der Waals surface area contributed by atoms with Crippen LogP contribution in [0, 0.1) is 10.1 Å². The van der Waals surface area contributed by atoms with Crippen LogP contribution in [0.15, 0.2) is 23.1 Å². The van der Waals surface area contributed by atoms with Crippen molar-refractivity contribution in [1.29, 1.82) is 0 Å². The maximum Gasteiger partial charge on any atom is 0.326 e. The van der Waals surface area contributed by atoms with Crippen molar-refractivity contribution < 1.29 is 28.0 Å². The average molecular weight is 339 g/mol. The number of rotatable bonds is 6. The minimum Gasteiger partial charge on any atom is -0.468 e. The molecule has 0 aliphatic heterocycles. The molecule has 1 aromatic carbocycles. The van der Waals surface area contributed by atoms with Gasteiger partial charge in [0.05, 0.1) is 23.7 Å². The van der Waals surface area contributed by atoms with E-state index in [1.165, 1.54) is 0 Å². The smallest absolute Gasteiger partial charge is 0.326 e. The summed E-state index contributed by atoms with van der Waals surface area (Å²) in [5.74, 6) is -0.987. The first-order valence-corrected chi connectivity index (χ1v) is 7.24. The van der Waals surface area contributed by atoms with Crippen LogP contribution in [0.4, 0.5) is 5.69 Å². The highest BCUT2D eigenvalue weighted by atomic mass is 35.5. The summed E-state index contributed by atoms with van der Waals surface area (Å²) in [6.45, 7) is -0.823. The van der Waals surface area contributed by atoms with E-state index in [-0.39, 0.29) is 5.69 Å². The second-order valence-corrected chi connectivity index (χ2v) is 5.84. The van der Waals surface area contributed by atoms with Crippen LogP contribution in [-0.2, 0) is 19.6 Å². The maximum atomic E-state index is 12.0. The Hall–Kier alpha value is -1.75. The van der Waals surface area contributed by atoms with Gasteiger partial charge in [-0.25, -0.2) is 8.42 Å². The van der Waals surface area contributed by atoms with Gasteiger partial charge in [-0.15, -0.1) is 0 Å². The van der Waals surface area contributed by atoms with Crippen molar-refractivity contribution in [3.63, 3.8) is 0 Å². The molecule has 11 heteroatoms. The number of methoxy groups -OCH3 is 1. The van der Waals surface area contributed by atoms with Crippen LogP contribution in [0.25, 0.3) is 0 Å². The molecule has 0 aromatic heterocycles. The lowest BCUT2D eigenvalue weighted by Crippen LogP contribution is -2.44. The molecule has 116 valence electrons. The zero-order valence-electron chi connectivity index (χ0n) is 10.6. The molecule has 0 aliphatic rings. The van der Waals surface area contributed by atoms with Gasteiger partial charge in [0.1, 0.15) is 10.9 Å². The molecule has 0 heterocycles. The summed E-state index contributed by atoms with van der Waals surface area (Å²) in [5.41, 5.74) is -0.384. The lowest BCUT2D eigenvalue weighted by molar-refractivity contribution is -0.384. The number of carbonyl (C=O) groups excluding carboxylic acids is 1. The third-order valence-electron chi connectivity index (χ3n) is 2.38. The van der Waals surface area contributed by atoms with E-state index in [1.54, 1.807) is 0 Å². The Labute approximate surface area is 124 Å². The van der Waals surface area contributed by atoms with E-state index in [9.17, 15) is 23.3 Å². The van der Waals surface area contributed by atoms with Crippen molar-refractivity contribution in [2.24, 2.45) is 0 Å². The molecule has 0 aliphatic carbocycles. The molecule has 2 N–H and O–H groups in total. The van der Waals surface area contributed by atoms with E-state index in [2.05, 4.69) is 4.74 Å². The number of aliphatic hydroxyl groups is 1. The molecule has 9 nitrogen and oxygen atoms in total. The summed E-state index contributed by atoms with van der Waals surface area (Å²) < 4.78 is 30.3. The van der Waals surface area contributed by atoms with E-state index < -0.39 is 43.5 Å². The summed E-state index contributed by atoms with van der Waals surface area (Å²) >= 11 is 5.70. The van der Waals surface area contributed by atoms with E-state index in [1.807, 2.05) is 4.72 Å². The fourth-order valence-corrected chi connectivity index (χ4v) is 3.09. The fraction of sp³-hybridized carbons (Fsp3) is 0.300. The van der Waals surface area contributed by atoms with Gasteiger partial charge in [0.2, 0.25) is 10.0 Å². The van der Waals surface area contributed by atoms with Gasteiger partial charge in [0.15, 0.2) is 0 Å². The number of esters is 1. The predicted octanol–water partition coefficient (Wildman–Crippen LogP) is 0.0604. The summed E-state index contributed by atoms with van der Waals surface area (Å²) in [4.78, 5) is 20.6. The van der Waals surface area contributed by atoms with E-state index in [4.69, 9.17) is 16.7 Å². The first-order chi connectivity index (χ1) is 9.72. The van der Waals surface area contributed by atoms with Crippen molar-refractivity contribution in [2.75, 3.05) is 13.7 Å². The molecule has 0 saturated carbocycles. The molecule has 1 unspecified atom stereocenters. The van der Waals surface area contributed by atoms with Crippen LogP contribution in [0.5, 0.6) is 0 Å². The molecule has 1 atom stereocenters. The topological polar surface area (TPSA) is 136 Å². The number of hydrogen-bond donors (Lipinski definition) is 2. The Morgan fingerprint density at radius 2 is 2.19 bits per heavy atom. The number of sulfonamides is 1. The van der Waals surface area contributed by atoms with Crippen molar-refractivity contribution in [2.45, 2.75) is 10.9 Å². The van der Waals surface area contributed by atoms with E-state index >= 15 is 0 Å². The molecular weight excluding hydrogens is 328 g/mol. The summed E-state index contributed by atoms with van der Waals surface area (Å²) in [7, 11) is -3.24. The van der Waals surface area contributed by atoms with Gasteiger partial charge >= 0.3 is 5.97 Å². The lowest BCUT2D eigenvalue weighted by Gasteiger charge is -2.14. The van der Waals surface area contributed by atoms with E-state index in [0.717, 1.165) is 25.3 Å². The van der Waals surface area contributed by atoms with Gasteiger partial charge in [-0.05, 0) is 6.07 Å². The predicted molar refractivity (Wildman–Crippen MR) is 71.3 cm³/mol. The molecule has 0 spiro atoms. The Bertz CT molecular complexity index is 661. The third kappa shape index (κ3) is 4.11. The average Bonchev–Trinajstić information content (AvgIpc) is 2.43. The standard InChI is InChI=1S/C10H11ClN2O7S/c1-20-10(15)8(5-14)12-21(18,19)9-3-2-6(13(16)17)4-7(9)11/h2-4,8,12,14H,5H2,1H3. The van der Waals surface area contributed by atoms with Crippen LogP contribution in [-0.4, -0.2) is 44.2 Å². The number of nitro benzene ring substituents is 1. The van der Waals surface area contributed by atoms with Gasteiger partial charge < -0.3 is 9.84 Å². The fourth-order valence-electron chi connectivity index (χ4n) is 1.37. The second-order valence-electron chi connectivity index (χ2n) is 3.75. The Morgan fingerprint density at radius 1 is 1.57 bits per heavy atom. The maximum absolute atomic E-state index is 12.0. The normalized spacial score (nSPS) is 12.7. The van der Waals surface area contributed by atoms with Gasteiger partial charge in [-0.2, -0.15) is 4.72 Å². The van der Waals surface area contributed by atoms with Crippen LogP contribution in [0.2, 0.25) is 5.02 Å². The monoisotopic (exact) mass is 338 g/mol. The Kier molecular flexibility index (Phi) is 5.61. The summed E-state index contributed by atoms with van der Waals surface area (Å²) in [6.07, 6.45) is 0. The van der Waals surface area contributed by atoms with Crippen LogP contribution < -0.4 is 4.72 Å². The molecular formula is C10H11ClN2O7S. The highest BCUT2D eigenvalue weighted by molar-refractivity contribution is 7.89. The first-order valence-electron chi connectivity index (χ1n) is 5.38. The molecule has 0 saturated heterocycles. The van der Waals surface area contributed by atoms with Crippen molar-refractivity contribution in [1.82, 2.24) is 4.72 Å². The Morgan fingerprint density at radius 3 is 2.62 bits per heavy atom. The molecule has 0 bridgehead atoms. The Balaban J connectivity index is 3.13. The number of carbonyl (C=O) groups is 1. The molecule has 0 amide bonds. The van der Waals surface area contributed by atoms with Gasteiger partial charge in [-0.1, -0.05) is 11.6 Å². The SMILES string of the molecule is COC(=O)C(CO)NS(=O)(=O)c1ccc([N+](=O)[O-])cc1Cl. The van der Waals surface area contributed by atoms with Crippen LogP contribution in [0.1, 0.15) is 0 Å². The van der Waals surface area contributed by atoms with Crippen LogP contribution >= 0.6 is 11.6 Å². The first kappa shape index (κ1) is 17.3. The number of benzene rings is 1. The molecule has 0 radical (unpaired) electrons. The molecule has 21 heavy (non-hydrogen) atoms. The quantitative estimate of drug-likeness (QED) is 0.425. The minimum absolute atomic E-state index is 0.384. The van der Waals surface area contributed by atoms with Crippen LogP contribution in [0.3, 0.4) is 0 Å². The summed E-state index contributed by atoms with van der Waals surface area (Å²) in [6, 6.07) is 1.23. The highest BCUT2D eigenvalue weighted by Gasteiger charge is 2.28. The van der Waals surface area contributed by atoms with Crippen molar-refractivity contribution >= 4 is 33.3 Å².